The van der Waals surface area contributed by atoms with Gasteiger partial charge in [-0.1, -0.05) is 25.2 Å². The molecule has 2 rings (SSSR count). The van der Waals surface area contributed by atoms with Gasteiger partial charge in [-0.2, -0.15) is 0 Å². The van der Waals surface area contributed by atoms with Gasteiger partial charge in [-0.3, -0.25) is 0 Å². The molecule has 0 bridgehead atoms. The Morgan fingerprint density at radius 3 is 2.91 bits per heavy atom. The first-order chi connectivity index (χ1) is 5.18. The van der Waals surface area contributed by atoms with E-state index in [-0.39, 0.29) is 0 Å². The van der Waals surface area contributed by atoms with Gasteiger partial charge in [-0.05, 0) is 11.8 Å². The molecular formula is C7H11N3S. The summed E-state index contributed by atoms with van der Waals surface area (Å²) in [5.41, 5.74) is 2.21. The van der Waals surface area contributed by atoms with E-state index in [0.29, 0.717) is 11.5 Å². The van der Waals surface area contributed by atoms with Crippen molar-refractivity contribution in [1.82, 2.24) is 10.2 Å². The fourth-order valence-electron chi connectivity index (χ4n) is 1.10. The molecule has 1 aliphatic rings. The van der Waals surface area contributed by atoms with Crippen LogP contribution in [0.1, 0.15) is 20.3 Å². The van der Waals surface area contributed by atoms with Gasteiger partial charge < -0.3 is 5.32 Å². The Kier molecular flexibility index (Phi) is 1.39. The van der Waals surface area contributed by atoms with Crippen molar-refractivity contribution in [1.29, 1.82) is 0 Å². The van der Waals surface area contributed by atoms with Crippen LogP contribution >= 0.6 is 11.3 Å². The lowest BCUT2D eigenvalue weighted by Crippen LogP contribution is -2.07. The summed E-state index contributed by atoms with van der Waals surface area (Å²) < 4.78 is 0. The Balaban J connectivity index is 1.95. The molecule has 1 fully saturated rings. The fraction of sp³-hybridized carbons (Fsp3) is 0.714. The topological polar surface area (TPSA) is 37.8 Å². The molecule has 1 aromatic heterocycles. The zero-order valence-corrected chi connectivity index (χ0v) is 7.48. The number of hydrogen-bond donors (Lipinski definition) is 1. The van der Waals surface area contributed by atoms with Gasteiger partial charge in [-0.15, -0.1) is 10.2 Å². The third-order valence-corrected chi connectivity index (χ3v) is 2.79. The Morgan fingerprint density at radius 2 is 2.45 bits per heavy atom. The van der Waals surface area contributed by atoms with E-state index in [9.17, 15) is 0 Å². The molecule has 0 aromatic carbocycles. The van der Waals surface area contributed by atoms with Gasteiger partial charge in [0.1, 0.15) is 5.51 Å². The molecule has 1 heterocycles. The molecule has 60 valence electrons. The number of nitrogens with one attached hydrogen (secondary N) is 1. The Labute approximate surface area is 69.8 Å². The number of nitrogens with zero attached hydrogens (tertiary/aromatic N) is 2. The minimum Gasteiger partial charge on any atom is -0.357 e. The SMILES string of the molecule is CC1(C)CC1Nc1nncs1. The zero-order valence-electron chi connectivity index (χ0n) is 6.66. The van der Waals surface area contributed by atoms with E-state index >= 15 is 0 Å². The van der Waals surface area contributed by atoms with Gasteiger partial charge in [0.2, 0.25) is 5.13 Å². The van der Waals surface area contributed by atoms with Crippen LogP contribution in [0.5, 0.6) is 0 Å². The van der Waals surface area contributed by atoms with E-state index in [1.807, 2.05) is 0 Å². The Morgan fingerprint density at radius 1 is 1.73 bits per heavy atom. The first kappa shape index (κ1) is 7.03. The quantitative estimate of drug-likeness (QED) is 0.733. The molecular weight excluding hydrogens is 158 g/mol. The summed E-state index contributed by atoms with van der Waals surface area (Å²) in [6.07, 6.45) is 1.24. The van der Waals surface area contributed by atoms with Crippen LogP contribution in [0.25, 0.3) is 0 Å². The van der Waals surface area contributed by atoms with Crippen molar-refractivity contribution in [3.8, 4) is 0 Å². The van der Waals surface area contributed by atoms with Crippen LogP contribution in [-0.4, -0.2) is 16.2 Å². The summed E-state index contributed by atoms with van der Waals surface area (Å²) >= 11 is 1.56. The van der Waals surface area contributed by atoms with E-state index in [1.165, 1.54) is 6.42 Å². The van der Waals surface area contributed by atoms with Gasteiger partial charge in [0.25, 0.3) is 0 Å². The maximum atomic E-state index is 3.92. The average molecular weight is 169 g/mol. The minimum atomic E-state index is 0.464. The second kappa shape index (κ2) is 2.17. The minimum absolute atomic E-state index is 0.464. The first-order valence-electron chi connectivity index (χ1n) is 3.71. The summed E-state index contributed by atoms with van der Waals surface area (Å²) in [5.74, 6) is 0. The molecule has 1 unspecified atom stereocenters. The highest BCUT2D eigenvalue weighted by Gasteiger charge is 2.46. The van der Waals surface area contributed by atoms with Crippen LogP contribution in [0.4, 0.5) is 5.13 Å². The lowest BCUT2D eigenvalue weighted by Gasteiger charge is -2.02. The van der Waals surface area contributed by atoms with Gasteiger partial charge in [0.15, 0.2) is 0 Å². The van der Waals surface area contributed by atoms with Gasteiger partial charge in [0, 0.05) is 6.04 Å². The highest BCUT2D eigenvalue weighted by Crippen LogP contribution is 2.46. The Bertz CT molecular complexity index is 242. The lowest BCUT2D eigenvalue weighted by atomic mass is 10.2. The largest absolute Gasteiger partial charge is 0.357 e. The maximum absolute atomic E-state index is 3.92. The van der Waals surface area contributed by atoms with Gasteiger partial charge in [0.05, 0.1) is 0 Å². The number of rotatable bonds is 2. The van der Waals surface area contributed by atoms with Crippen molar-refractivity contribution < 1.29 is 0 Å². The third kappa shape index (κ3) is 1.35. The highest BCUT2D eigenvalue weighted by molar-refractivity contribution is 7.13. The molecule has 11 heavy (non-hydrogen) atoms. The van der Waals surface area contributed by atoms with Crippen molar-refractivity contribution in [2.45, 2.75) is 26.3 Å². The zero-order chi connectivity index (χ0) is 7.90. The molecule has 0 saturated heterocycles. The molecule has 1 saturated carbocycles. The van der Waals surface area contributed by atoms with E-state index in [0.717, 1.165) is 5.13 Å². The standard InChI is InChI=1S/C7H11N3S/c1-7(2)3-5(7)9-6-10-8-4-11-6/h4-5H,3H2,1-2H3,(H,9,10). The van der Waals surface area contributed by atoms with Crippen molar-refractivity contribution in [2.75, 3.05) is 5.32 Å². The van der Waals surface area contributed by atoms with E-state index in [2.05, 4.69) is 29.4 Å². The molecule has 1 atom stereocenters. The fourth-order valence-corrected chi connectivity index (χ4v) is 1.60. The van der Waals surface area contributed by atoms with Crippen molar-refractivity contribution in [3.05, 3.63) is 5.51 Å². The smallest absolute Gasteiger partial charge is 0.205 e. The maximum Gasteiger partial charge on any atom is 0.205 e. The molecule has 0 amide bonds. The summed E-state index contributed by atoms with van der Waals surface area (Å²) in [5, 5.41) is 12.0. The molecule has 0 spiro atoms. The summed E-state index contributed by atoms with van der Waals surface area (Å²) in [7, 11) is 0. The molecule has 1 aliphatic carbocycles. The average Bonchev–Trinajstić information content (AvgIpc) is 2.42. The molecule has 1 aromatic rings. The predicted octanol–water partition coefficient (Wildman–Crippen LogP) is 1.75. The summed E-state index contributed by atoms with van der Waals surface area (Å²) in [6.45, 7) is 4.51. The van der Waals surface area contributed by atoms with Crippen molar-refractivity contribution in [3.63, 3.8) is 0 Å². The second-order valence-electron chi connectivity index (χ2n) is 3.63. The first-order valence-corrected chi connectivity index (χ1v) is 4.59. The predicted molar refractivity (Wildman–Crippen MR) is 45.7 cm³/mol. The van der Waals surface area contributed by atoms with Crippen LogP contribution in [0.2, 0.25) is 0 Å². The number of anilines is 1. The number of aromatic nitrogens is 2. The lowest BCUT2D eigenvalue weighted by molar-refractivity contribution is 0.630. The van der Waals surface area contributed by atoms with Gasteiger partial charge in [-0.25, -0.2) is 0 Å². The normalized spacial score (nSPS) is 26.5. The summed E-state index contributed by atoms with van der Waals surface area (Å²) in [6, 6.07) is 0.607. The van der Waals surface area contributed by atoms with E-state index < -0.39 is 0 Å². The Hall–Kier alpha value is -0.640. The second-order valence-corrected chi connectivity index (χ2v) is 4.47. The van der Waals surface area contributed by atoms with Crippen LogP contribution < -0.4 is 5.32 Å². The number of hydrogen-bond acceptors (Lipinski definition) is 4. The van der Waals surface area contributed by atoms with Crippen LogP contribution in [0.15, 0.2) is 5.51 Å². The molecule has 4 heteroatoms. The van der Waals surface area contributed by atoms with Crippen molar-refractivity contribution in [2.24, 2.45) is 5.41 Å². The van der Waals surface area contributed by atoms with Crippen LogP contribution in [0, 0.1) is 5.41 Å². The molecule has 0 radical (unpaired) electrons. The third-order valence-electron chi connectivity index (χ3n) is 2.17. The molecule has 0 aliphatic heterocycles. The molecule has 3 nitrogen and oxygen atoms in total. The van der Waals surface area contributed by atoms with Crippen LogP contribution in [-0.2, 0) is 0 Å². The van der Waals surface area contributed by atoms with Crippen LogP contribution in [0.3, 0.4) is 0 Å². The van der Waals surface area contributed by atoms with Gasteiger partial charge >= 0.3 is 0 Å². The van der Waals surface area contributed by atoms with E-state index in [1.54, 1.807) is 16.8 Å². The molecule has 1 N–H and O–H groups in total. The monoisotopic (exact) mass is 169 g/mol. The van der Waals surface area contributed by atoms with E-state index in [4.69, 9.17) is 0 Å². The summed E-state index contributed by atoms with van der Waals surface area (Å²) in [4.78, 5) is 0. The van der Waals surface area contributed by atoms with Crippen molar-refractivity contribution >= 4 is 16.5 Å². The highest BCUT2D eigenvalue weighted by atomic mass is 32.1.